The normalized spacial score (nSPS) is 11.0. The van der Waals surface area contributed by atoms with Gasteiger partial charge in [0.15, 0.2) is 4.77 Å². The summed E-state index contributed by atoms with van der Waals surface area (Å²) in [5, 5.41) is 0.962. The quantitative estimate of drug-likeness (QED) is 0.732. The first-order valence-corrected chi connectivity index (χ1v) is 7.50. The van der Waals surface area contributed by atoms with Crippen LogP contribution in [0.15, 0.2) is 47.3 Å². The van der Waals surface area contributed by atoms with Crippen LogP contribution in [0.1, 0.15) is 5.56 Å². The monoisotopic (exact) mass is 334 g/mol. The number of fused-ring (bicyclic) bond motifs is 1. The van der Waals surface area contributed by atoms with Crippen molar-refractivity contribution in [2.24, 2.45) is 0 Å². The number of rotatable bonds is 3. The molecule has 0 aliphatic carbocycles. The minimum absolute atomic E-state index is 0.285. The fraction of sp³-hybridized carbons (Fsp3) is 0.125. The molecule has 0 bridgehead atoms. The number of nitrogens with zero attached hydrogens (tertiary/aromatic N) is 1. The number of aryl methyl sites for hydroxylation is 1. The summed E-state index contributed by atoms with van der Waals surface area (Å²) in [6.45, 7) is 0.419. The van der Waals surface area contributed by atoms with Crippen LogP contribution in [0.4, 0.5) is 4.39 Å². The van der Waals surface area contributed by atoms with Gasteiger partial charge in [0.25, 0.3) is 5.56 Å². The standard InChI is InChI=1S/C16H12ClFN2OS/c17-11-3-1-10(2-4-11)7-8-20-15(21)13-9-12(18)5-6-14(13)19-16(20)22/h1-6,9H,7-8H2,(H,19,22). The molecule has 0 amide bonds. The number of benzene rings is 2. The van der Waals surface area contributed by atoms with Crippen molar-refractivity contribution in [1.29, 1.82) is 0 Å². The summed E-state index contributed by atoms with van der Waals surface area (Å²) in [5.74, 6) is -0.445. The third-order valence-electron chi connectivity index (χ3n) is 3.48. The number of aromatic nitrogens is 2. The van der Waals surface area contributed by atoms with Gasteiger partial charge >= 0.3 is 0 Å². The van der Waals surface area contributed by atoms with Crippen molar-refractivity contribution in [2.45, 2.75) is 13.0 Å². The van der Waals surface area contributed by atoms with Gasteiger partial charge in [-0.05, 0) is 54.5 Å². The number of halogens is 2. The lowest BCUT2D eigenvalue weighted by atomic mass is 10.1. The van der Waals surface area contributed by atoms with Gasteiger partial charge in [-0.2, -0.15) is 0 Å². The number of aromatic amines is 1. The molecule has 1 aromatic heterocycles. The van der Waals surface area contributed by atoms with Gasteiger partial charge in [0.05, 0.1) is 10.9 Å². The third-order valence-corrected chi connectivity index (χ3v) is 4.06. The first-order chi connectivity index (χ1) is 10.5. The van der Waals surface area contributed by atoms with Gasteiger partial charge in [-0.1, -0.05) is 23.7 Å². The van der Waals surface area contributed by atoms with Crippen molar-refractivity contribution in [2.75, 3.05) is 0 Å². The largest absolute Gasteiger partial charge is 0.332 e. The van der Waals surface area contributed by atoms with Crippen LogP contribution in [0.5, 0.6) is 0 Å². The maximum atomic E-state index is 13.3. The van der Waals surface area contributed by atoms with Crippen LogP contribution in [0.2, 0.25) is 5.02 Å². The highest BCUT2D eigenvalue weighted by Crippen LogP contribution is 2.12. The first kappa shape index (κ1) is 14.9. The molecule has 6 heteroatoms. The van der Waals surface area contributed by atoms with E-state index in [0.717, 1.165) is 5.56 Å². The minimum Gasteiger partial charge on any atom is -0.332 e. The molecule has 3 aromatic rings. The fourth-order valence-electron chi connectivity index (χ4n) is 2.32. The van der Waals surface area contributed by atoms with E-state index in [-0.39, 0.29) is 5.56 Å². The molecule has 0 atom stereocenters. The highest BCUT2D eigenvalue weighted by Gasteiger charge is 2.07. The second-order valence-electron chi connectivity index (χ2n) is 4.95. The van der Waals surface area contributed by atoms with Gasteiger partial charge in [-0.25, -0.2) is 4.39 Å². The average Bonchev–Trinajstić information content (AvgIpc) is 2.50. The second kappa shape index (κ2) is 6.02. The van der Waals surface area contributed by atoms with Gasteiger partial charge < -0.3 is 4.98 Å². The van der Waals surface area contributed by atoms with Gasteiger partial charge in [0, 0.05) is 11.6 Å². The molecule has 0 fully saturated rings. The molecule has 0 saturated heterocycles. The lowest BCUT2D eigenvalue weighted by Crippen LogP contribution is -2.23. The molecule has 3 nitrogen and oxygen atoms in total. The van der Waals surface area contributed by atoms with Crippen LogP contribution >= 0.6 is 23.8 Å². The van der Waals surface area contributed by atoms with E-state index in [1.54, 1.807) is 12.1 Å². The smallest absolute Gasteiger partial charge is 0.262 e. The molecule has 1 heterocycles. The molecule has 0 aliphatic heterocycles. The molecular weight excluding hydrogens is 323 g/mol. The molecule has 0 saturated carbocycles. The first-order valence-electron chi connectivity index (χ1n) is 6.71. The zero-order valence-corrected chi connectivity index (χ0v) is 13.0. The third kappa shape index (κ3) is 2.96. The van der Waals surface area contributed by atoms with E-state index in [1.165, 1.54) is 22.8 Å². The topological polar surface area (TPSA) is 37.8 Å². The van der Waals surface area contributed by atoms with Crippen LogP contribution in [0.25, 0.3) is 10.9 Å². The Morgan fingerprint density at radius 1 is 1.18 bits per heavy atom. The molecule has 1 N–H and O–H groups in total. The average molecular weight is 335 g/mol. The van der Waals surface area contributed by atoms with Crippen molar-refractivity contribution < 1.29 is 4.39 Å². The van der Waals surface area contributed by atoms with Gasteiger partial charge in [0.1, 0.15) is 5.82 Å². The van der Waals surface area contributed by atoms with Gasteiger partial charge in [-0.15, -0.1) is 0 Å². The van der Waals surface area contributed by atoms with Crippen molar-refractivity contribution in [1.82, 2.24) is 9.55 Å². The lowest BCUT2D eigenvalue weighted by molar-refractivity contribution is 0.626. The SMILES string of the molecule is O=c1c2cc(F)ccc2[nH]c(=S)n1CCc1ccc(Cl)cc1. The van der Waals surface area contributed by atoms with Gasteiger partial charge in [-0.3, -0.25) is 9.36 Å². The van der Waals surface area contributed by atoms with E-state index in [0.29, 0.717) is 33.7 Å². The molecule has 0 aliphatic rings. The van der Waals surface area contributed by atoms with Crippen molar-refractivity contribution in [3.8, 4) is 0 Å². The number of H-pyrrole nitrogens is 1. The fourth-order valence-corrected chi connectivity index (χ4v) is 2.73. The highest BCUT2D eigenvalue weighted by atomic mass is 35.5. The summed E-state index contributed by atoms with van der Waals surface area (Å²) in [6, 6.07) is 11.5. The Hall–Kier alpha value is -1.98. The molecular formula is C16H12ClFN2OS. The summed E-state index contributed by atoms with van der Waals surface area (Å²) in [6.07, 6.45) is 0.634. The van der Waals surface area contributed by atoms with E-state index < -0.39 is 5.82 Å². The maximum Gasteiger partial charge on any atom is 0.262 e. The van der Waals surface area contributed by atoms with E-state index >= 15 is 0 Å². The van der Waals surface area contributed by atoms with Crippen LogP contribution in [0.3, 0.4) is 0 Å². The summed E-state index contributed by atoms with van der Waals surface area (Å²) in [4.78, 5) is 15.4. The van der Waals surface area contributed by atoms with E-state index in [1.807, 2.05) is 12.1 Å². The predicted octanol–water partition coefficient (Wildman–Crippen LogP) is 4.09. The van der Waals surface area contributed by atoms with Crippen LogP contribution in [0, 0.1) is 10.6 Å². The summed E-state index contributed by atoms with van der Waals surface area (Å²) < 4.78 is 15.1. The Balaban J connectivity index is 1.98. The molecule has 2 aromatic carbocycles. The molecule has 0 radical (unpaired) electrons. The molecule has 22 heavy (non-hydrogen) atoms. The Morgan fingerprint density at radius 3 is 2.64 bits per heavy atom. The van der Waals surface area contributed by atoms with E-state index in [4.69, 9.17) is 23.8 Å². The Morgan fingerprint density at radius 2 is 1.91 bits per heavy atom. The Bertz CT molecular complexity index is 947. The zero-order chi connectivity index (χ0) is 15.7. The van der Waals surface area contributed by atoms with E-state index in [2.05, 4.69) is 4.98 Å². The summed E-state index contributed by atoms with van der Waals surface area (Å²) >= 11 is 11.1. The molecule has 112 valence electrons. The van der Waals surface area contributed by atoms with Crippen molar-refractivity contribution in [3.05, 3.63) is 74.0 Å². The minimum atomic E-state index is -0.445. The summed E-state index contributed by atoms with van der Waals surface area (Å²) in [7, 11) is 0. The van der Waals surface area contributed by atoms with Crippen molar-refractivity contribution >= 4 is 34.7 Å². The van der Waals surface area contributed by atoms with Gasteiger partial charge in [0.2, 0.25) is 0 Å². The highest BCUT2D eigenvalue weighted by molar-refractivity contribution is 7.71. The molecule has 3 rings (SSSR count). The van der Waals surface area contributed by atoms with Crippen LogP contribution in [-0.4, -0.2) is 9.55 Å². The number of hydrogen-bond donors (Lipinski definition) is 1. The predicted molar refractivity (Wildman–Crippen MR) is 88.5 cm³/mol. The Labute approximate surface area is 136 Å². The molecule has 0 unspecified atom stereocenters. The van der Waals surface area contributed by atoms with Crippen LogP contribution < -0.4 is 5.56 Å². The number of hydrogen-bond acceptors (Lipinski definition) is 2. The summed E-state index contributed by atoms with van der Waals surface area (Å²) in [5.41, 5.74) is 1.30. The number of nitrogens with one attached hydrogen (secondary N) is 1. The molecule has 0 spiro atoms. The Kier molecular flexibility index (Phi) is 4.09. The van der Waals surface area contributed by atoms with E-state index in [9.17, 15) is 9.18 Å². The zero-order valence-electron chi connectivity index (χ0n) is 11.5. The van der Waals surface area contributed by atoms with Crippen molar-refractivity contribution in [3.63, 3.8) is 0 Å². The second-order valence-corrected chi connectivity index (χ2v) is 5.78. The maximum absolute atomic E-state index is 13.3. The lowest BCUT2D eigenvalue weighted by Gasteiger charge is -2.08. The van der Waals surface area contributed by atoms with Crippen LogP contribution in [-0.2, 0) is 13.0 Å².